The lowest BCUT2D eigenvalue weighted by molar-refractivity contribution is -0.136. The Hall–Kier alpha value is -0.380. The van der Waals surface area contributed by atoms with E-state index in [1.165, 1.54) is 39.0 Å². The van der Waals surface area contributed by atoms with Crippen LogP contribution >= 0.6 is 0 Å². The third kappa shape index (κ3) is 7.85. The number of carboxylic acid groups (broad SMARTS) is 1. The maximum atomic E-state index is 11.4. The molecular weight excluding hydrogens is 224 g/mol. The van der Waals surface area contributed by atoms with Crippen molar-refractivity contribution < 1.29 is 14.1 Å². The molecule has 0 aliphatic rings. The van der Waals surface area contributed by atoms with Crippen molar-refractivity contribution in [3.05, 3.63) is 0 Å². The molecule has 16 heavy (non-hydrogen) atoms. The van der Waals surface area contributed by atoms with E-state index in [9.17, 15) is 9.00 Å². The monoisotopic (exact) mass is 248 g/mol. The fourth-order valence-corrected chi connectivity index (χ4v) is 2.56. The molecule has 0 aromatic heterocycles. The summed E-state index contributed by atoms with van der Waals surface area (Å²) in [7, 11) is -1.20. The van der Waals surface area contributed by atoms with Crippen molar-refractivity contribution in [2.45, 2.75) is 64.0 Å². The molecule has 2 unspecified atom stereocenters. The van der Waals surface area contributed by atoms with Crippen molar-refractivity contribution in [1.29, 1.82) is 0 Å². The lowest BCUT2D eigenvalue weighted by Gasteiger charge is -2.06. The number of hydrogen-bond donors (Lipinski definition) is 1. The van der Waals surface area contributed by atoms with E-state index in [1.54, 1.807) is 0 Å². The Morgan fingerprint density at radius 2 is 1.62 bits per heavy atom. The zero-order valence-electron chi connectivity index (χ0n) is 10.4. The van der Waals surface area contributed by atoms with Gasteiger partial charge in [0.15, 0.2) is 0 Å². The number of carbonyl (C=O) groups is 1. The Bertz CT molecular complexity index is 216. The summed E-state index contributed by atoms with van der Waals surface area (Å²) in [5.41, 5.74) is 0. The molecule has 0 spiro atoms. The first-order valence-electron chi connectivity index (χ1n) is 6.19. The van der Waals surface area contributed by atoms with Crippen LogP contribution in [-0.4, -0.2) is 26.3 Å². The third-order valence-electron chi connectivity index (χ3n) is 2.69. The van der Waals surface area contributed by atoms with Crippen LogP contribution < -0.4 is 0 Å². The fraction of sp³-hybridized carbons (Fsp3) is 0.917. The summed E-state index contributed by atoms with van der Waals surface area (Å²) in [6.45, 7) is 3.70. The Morgan fingerprint density at radius 3 is 2.12 bits per heavy atom. The summed E-state index contributed by atoms with van der Waals surface area (Å²) >= 11 is 0. The molecule has 4 heteroatoms. The van der Waals surface area contributed by atoms with Crippen LogP contribution in [0, 0.1) is 0 Å². The molecule has 0 aromatic rings. The Labute approximate surface area is 101 Å². The summed E-state index contributed by atoms with van der Waals surface area (Å²) in [6.07, 6.45) is 8.21. The summed E-state index contributed by atoms with van der Waals surface area (Å²) < 4.78 is 11.4. The van der Waals surface area contributed by atoms with E-state index in [-0.39, 0.29) is 0 Å². The molecule has 0 fully saturated rings. The van der Waals surface area contributed by atoms with Crippen molar-refractivity contribution in [2.75, 3.05) is 5.75 Å². The molecule has 0 aromatic carbocycles. The predicted molar refractivity (Wildman–Crippen MR) is 68.1 cm³/mol. The fourth-order valence-electron chi connectivity index (χ4n) is 1.49. The highest BCUT2D eigenvalue weighted by Gasteiger charge is 2.17. The van der Waals surface area contributed by atoms with Crippen LogP contribution in [0.1, 0.15) is 58.8 Å². The van der Waals surface area contributed by atoms with Crippen LogP contribution in [0.15, 0.2) is 0 Å². The van der Waals surface area contributed by atoms with E-state index in [4.69, 9.17) is 5.11 Å². The topological polar surface area (TPSA) is 54.4 Å². The molecule has 0 radical (unpaired) electrons. The first-order chi connectivity index (χ1) is 7.59. The Kier molecular flexibility index (Phi) is 9.59. The van der Waals surface area contributed by atoms with Gasteiger partial charge in [-0.05, 0) is 13.3 Å². The second-order valence-electron chi connectivity index (χ2n) is 4.19. The van der Waals surface area contributed by atoms with Gasteiger partial charge in [0.1, 0.15) is 5.25 Å². The Balaban J connectivity index is 3.38. The molecular formula is C12H24O3S. The number of hydrogen-bond acceptors (Lipinski definition) is 2. The molecule has 0 amide bonds. The van der Waals surface area contributed by atoms with E-state index in [2.05, 4.69) is 6.92 Å². The maximum absolute atomic E-state index is 11.4. The molecule has 0 rings (SSSR count). The minimum atomic E-state index is -1.20. The molecule has 0 heterocycles. The number of unbranched alkanes of at least 4 members (excludes halogenated alkanes) is 6. The SMILES string of the molecule is CCCCCCCCCS(=O)C(C)C(=O)O. The van der Waals surface area contributed by atoms with E-state index in [0.717, 1.165) is 12.8 Å². The van der Waals surface area contributed by atoms with Gasteiger partial charge in [-0.1, -0.05) is 45.4 Å². The van der Waals surface area contributed by atoms with E-state index in [0.29, 0.717) is 5.75 Å². The number of rotatable bonds is 10. The van der Waals surface area contributed by atoms with Crippen molar-refractivity contribution in [2.24, 2.45) is 0 Å². The summed E-state index contributed by atoms with van der Waals surface area (Å²) in [6, 6.07) is 0. The number of aliphatic carboxylic acids is 1. The van der Waals surface area contributed by atoms with E-state index in [1.807, 2.05) is 0 Å². The largest absolute Gasteiger partial charge is 0.480 e. The molecule has 0 saturated carbocycles. The highest BCUT2D eigenvalue weighted by molar-refractivity contribution is 7.86. The Morgan fingerprint density at radius 1 is 1.12 bits per heavy atom. The van der Waals surface area contributed by atoms with Crippen molar-refractivity contribution in [1.82, 2.24) is 0 Å². The van der Waals surface area contributed by atoms with Gasteiger partial charge in [-0.15, -0.1) is 0 Å². The van der Waals surface area contributed by atoms with Gasteiger partial charge >= 0.3 is 5.97 Å². The first-order valence-corrected chi connectivity index (χ1v) is 7.57. The molecule has 0 aliphatic carbocycles. The average molecular weight is 248 g/mol. The molecule has 3 nitrogen and oxygen atoms in total. The number of carboxylic acids is 1. The second-order valence-corrected chi connectivity index (χ2v) is 6.06. The standard InChI is InChI=1S/C12H24O3S/c1-3-4-5-6-7-8-9-10-16(15)11(2)12(13)14/h11H,3-10H2,1-2H3,(H,13,14). The molecule has 2 atom stereocenters. The van der Waals surface area contributed by atoms with Crippen molar-refractivity contribution >= 4 is 16.8 Å². The van der Waals surface area contributed by atoms with Crippen LogP contribution in [-0.2, 0) is 15.6 Å². The lowest BCUT2D eigenvalue weighted by Crippen LogP contribution is -2.23. The highest BCUT2D eigenvalue weighted by Crippen LogP contribution is 2.08. The maximum Gasteiger partial charge on any atom is 0.318 e. The van der Waals surface area contributed by atoms with Crippen molar-refractivity contribution in [3.63, 3.8) is 0 Å². The molecule has 0 aliphatic heterocycles. The lowest BCUT2D eigenvalue weighted by atomic mass is 10.1. The molecule has 96 valence electrons. The van der Waals surface area contributed by atoms with Crippen LogP contribution in [0.4, 0.5) is 0 Å². The molecule has 0 saturated heterocycles. The van der Waals surface area contributed by atoms with Crippen molar-refractivity contribution in [3.8, 4) is 0 Å². The zero-order valence-corrected chi connectivity index (χ0v) is 11.2. The van der Waals surface area contributed by atoms with Crippen LogP contribution in [0.5, 0.6) is 0 Å². The minimum absolute atomic E-state index is 0.529. The van der Waals surface area contributed by atoms with Gasteiger partial charge in [0.2, 0.25) is 0 Å². The zero-order chi connectivity index (χ0) is 12.4. The predicted octanol–water partition coefficient (Wildman–Crippen LogP) is 2.96. The van der Waals surface area contributed by atoms with Gasteiger partial charge in [0.25, 0.3) is 0 Å². The van der Waals surface area contributed by atoms with Gasteiger partial charge in [-0.25, -0.2) is 0 Å². The van der Waals surface area contributed by atoms with E-state index < -0.39 is 22.0 Å². The minimum Gasteiger partial charge on any atom is -0.480 e. The normalized spacial score (nSPS) is 14.6. The van der Waals surface area contributed by atoms with E-state index >= 15 is 0 Å². The summed E-state index contributed by atoms with van der Waals surface area (Å²) in [5.74, 6) is -0.428. The van der Waals surface area contributed by atoms with Crippen LogP contribution in [0.2, 0.25) is 0 Å². The van der Waals surface area contributed by atoms with Gasteiger partial charge < -0.3 is 5.11 Å². The van der Waals surface area contributed by atoms with Gasteiger partial charge in [0, 0.05) is 16.6 Å². The van der Waals surface area contributed by atoms with Crippen LogP contribution in [0.3, 0.4) is 0 Å². The summed E-state index contributed by atoms with van der Waals surface area (Å²) in [5, 5.41) is 7.94. The first kappa shape index (κ1) is 15.6. The van der Waals surface area contributed by atoms with Gasteiger partial charge in [0.05, 0.1) is 0 Å². The quantitative estimate of drug-likeness (QED) is 0.605. The average Bonchev–Trinajstić information content (AvgIpc) is 2.26. The van der Waals surface area contributed by atoms with Crippen LogP contribution in [0.25, 0.3) is 0 Å². The third-order valence-corrected chi connectivity index (χ3v) is 4.37. The highest BCUT2D eigenvalue weighted by atomic mass is 32.2. The smallest absolute Gasteiger partial charge is 0.318 e. The molecule has 1 N–H and O–H groups in total. The molecule has 0 bridgehead atoms. The summed E-state index contributed by atoms with van der Waals surface area (Å²) in [4.78, 5) is 10.6. The van der Waals surface area contributed by atoms with Gasteiger partial charge in [-0.2, -0.15) is 0 Å². The van der Waals surface area contributed by atoms with Gasteiger partial charge in [-0.3, -0.25) is 9.00 Å². The second kappa shape index (κ2) is 9.82.